The topological polar surface area (TPSA) is 74.6 Å². The Balaban J connectivity index is 1.90. The third-order valence-electron chi connectivity index (χ3n) is 4.47. The van der Waals surface area contributed by atoms with Crippen LogP contribution in [0, 0.1) is 5.92 Å². The van der Waals surface area contributed by atoms with E-state index in [9.17, 15) is 4.79 Å². The van der Waals surface area contributed by atoms with Crippen LogP contribution in [0.1, 0.15) is 35.1 Å². The van der Waals surface area contributed by atoms with E-state index in [1.54, 1.807) is 25.4 Å². The van der Waals surface area contributed by atoms with E-state index in [0.29, 0.717) is 28.7 Å². The number of carbonyl (C=O) groups excluding carboxylic acids is 1. The number of nitrogens with zero attached hydrogens (tertiary/aromatic N) is 2. The number of ether oxygens (including phenoxy) is 3. The fraction of sp³-hybridized carbons (Fsp3) is 0.444. The van der Waals surface area contributed by atoms with Crippen LogP contribution in [-0.4, -0.2) is 36.8 Å². The Morgan fingerprint density at radius 3 is 2.32 bits per heavy atom. The molecule has 1 amide bonds. The van der Waals surface area contributed by atoms with Crippen molar-refractivity contribution in [3.05, 3.63) is 35.9 Å². The molecule has 134 valence electrons. The Kier molecular flexibility index (Phi) is 4.83. The molecule has 1 aliphatic carbocycles. The number of hydrogen-bond acceptors (Lipinski definition) is 5. The quantitative estimate of drug-likeness (QED) is 0.834. The second-order valence-corrected chi connectivity index (χ2v) is 6.09. The van der Waals surface area contributed by atoms with Gasteiger partial charge < -0.3 is 24.1 Å². The second kappa shape index (κ2) is 7.04. The SMILES string of the molecule is COc1cc(OC)c(C(=O)NC(c2nccn2C)C2CC2)cc1OC. The lowest BCUT2D eigenvalue weighted by Crippen LogP contribution is -2.32. The standard InChI is InChI=1S/C18H23N3O4/c1-21-8-7-19-17(21)16(11-5-6-11)20-18(22)12-9-14(24-3)15(25-4)10-13(12)23-2/h7-11,16H,5-6H2,1-4H3,(H,20,22). The molecule has 1 unspecified atom stereocenters. The molecule has 1 atom stereocenters. The highest BCUT2D eigenvalue weighted by Crippen LogP contribution is 2.41. The van der Waals surface area contributed by atoms with Crippen LogP contribution < -0.4 is 19.5 Å². The zero-order valence-corrected chi connectivity index (χ0v) is 14.9. The number of rotatable bonds is 7. The molecule has 1 aromatic heterocycles. The molecule has 0 aliphatic heterocycles. The molecule has 25 heavy (non-hydrogen) atoms. The molecule has 1 fully saturated rings. The minimum atomic E-state index is -0.224. The van der Waals surface area contributed by atoms with Crippen LogP contribution in [0.5, 0.6) is 17.2 Å². The Morgan fingerprint density at radius 2 is 1.80 bits per heavy atom. The number of hydrogen-bond donors (Lipinski definition) is 1. The summed E-state index contributed by atoms with van der Waals surface area (Å²) >= 11 is 0. The summed E-state index contributed by atoms with van der Waals surface area (Å²) in [7, 11) is 6.53. The van der Waals surface area contributed by atoms with Crippen LogP contribution in [0.3, 0.4) is 0 Å². The number of imidazole rings is 1. The fourth-order valence-electron chi connectivity index (χ4n) is 2.93. The summed E-state index contributed by atoms with van der Waals surface area (Å²) < 4.78 is 17.9. The number of methoxy groups -OCH3 is 3. The molecule has 0 radical (unpaired) electrons. The van der Waals surface area contributed by atoms with Crippen LogP contribution in [0.2, 0.25) is 0 Å². The Labute approximate surface area is 146 Å². The van der Waals surface area contributed by atoms with Gasteiger partial charge in [0.1, 0.15) is 11.6 Å². The van der Waals surface area contributed by atoms with E-state index < -0.39 is 0 Å². The summed E-state index contributed by atoms with van der Waals surface area (Å²) in [4.78, 5) is 17.3. The maximum absolute atomic E-state index is 12.9. The molecule has 1 saturated carbocycles. The van der Waals surface area contributed by atoms with Gasteiger partial charge in [-0.15, -0.1) is 0 Å². The second-order valence-electron chi connectivity index (χ2n) is 6.09. The summed E-state index contributed by atoms with van der Waals surface area (Å²) in [6.07, 6.45) is 5.80. The van der Waals surface area contributed by atoms with Crippen molar-refractivity contribution in [2.75, 3.05) is 21.3 Å². The molecule has 0 bridgehead atoms. The van der Waals surface area contributed by atoms with E-state index in [0.717, 1.165) is 18.7 Å². The Morgan fingerprint density at radius 1 is 1.16 bits per heavy atom. The summed E-state index contributed by atoms with van der Waals surface area (Å²) in [5.41, 5.74) is 0.403. The fourth-order valence-corrected chi connectivity index (χ4v) is 2.93. The molecule has 1 heterocycles. The van der Waals surface area contributed by atoms with Gasteiger partial charge in [0.25, 0.3) is 5.91 Å². The van der Waals surface area contributed by atoms with E-state index in [4.69, 9.17) is 14.2 Å². The third kappa shape index (κ3) is 3.40. The molecule has 2 aromatic rings. The van der Waals surface area contributed by atoms with Crippen LogP contribution in [0.4, 0.5) is 0 Å². The highest BCUT2D eigenvalue weighted by atomic mass is 16.5. The molecule has 1 aliphatic rings. The van der Waals surface area contributed by atoms with Crippen molar-refractivity contribution in [3.63, 3.8) is 0 Å². The van der Waals surface area contributed by atoms with Crippen molar-refractivity contribution in [1.29, 1.82) is 0 Å². The zero-order chi connectivity index (χ0) is 18.0. The number of amides is 1. The number of nitrogens with one attached hydrogen (secondary N) is 1. The third-order valence-corrected chi connectivity index (χ3v) is 4.47. The van der Waals surface area contributed by atoms with Crippen molar-refractivity contribution >= 4 is 5.91 Å². The smallest absolute Gasteiger partial charge is 0.255 e. The predicted molar refractivity (Wildman–Crippen MR) is 92.2 cm³/mol. The predicted octanol–water partition coefficient (Wildman–Crippen LogP) is 2.33. The first-order chi connectivity index (χ1) is 12.1. The summed E-state index contributed by atoms with van der Waals surface area (Å²) in [5.74, 6) is 2.47. The number of aromatic nitrogens is 2. The van der Waals surface area contributed by atoms with Gasteiger partial charge in [-0.05, 0) is 18.8 Å². The molecule has 7 heteroatoms. The van der Waals surface area contributed by atoms with Crippen LogP contribution >= 0.6 is 0 Å². The maximum atomic E-state index is 12.9. The van der Waals surface area contributed by atoms with Crippen molar-refractivity contribution in [1.82, 2.24) is 14.9 Å². The van der Waals surface area contributed by atoms with Gasteiger partial charge >= 0.3 is 0 Å². The molecule has 1 N–H and O–H groups in total. The normalized spacial score (nSPS) is 14.7. The van der Waals surface area contributed by atoms with E-state index in [2.05, 4.69) is 10.3 Å². The molecule has 1 aromatic carbocycles. The van der Waals surface area contributed by atoms with Gasteiger partial charge in [-0.1, -0.05) is 0 Å². The minimum Gasteiger partial charge on any atom is -0.496 e. The van der Waals surface area contributed by atoms with Crippen LogP contribution in [-0.2, 0) is 7.05 Å². The molecular weight excluding hydrogens is 322 g/mol. The summed E-state index contributed by atoms with van der Waals surface area (Å²) in [6, 6.07) is 3.17. The number of carbonyl (C=O) groups is 1. The molecule has 0 spiro atoms. The first-order valence-electron chi connectivity index (χ1n) is 8.17. The van der Waals surface area contributed by atoms with Crippen molar-refractivity contribution in [2.24, 2.45) is 13.0 Å². The Hall–Kier alpha value is -2.70. The van der Waals surface area contributed by atoms with Gasteiger partial charge in [-0.25, -0.2) is 4.98 Å². The van der Waals surface area contributed by atoms with Crippen LogP contribution in [0.15, 0.2) is 24.5 Å². The van der Waals surface area contributed by atoms with Gasteiger partial charge in [-0.2, -0.15) is 0 Å². The molecule has 0 saturated heterocycles. The van der Waals surface area contributed by atoms with Crippen molar-refractivity contribution < 1.29 is 19.0 Å². The van der Waals surface area contributed by atoms with Crippen molar-refractivity contribution in [2.45, 2.75) is 18.9 Å². The number of aryl methyl sites for hydroxylation is 1. The maximum Gasteiger partial charge on any atom is 0.255 e. The first-order valence-corrected chi connectivity index (χ1v) is 8.17. The van der Waals surface area contributed by atoms with E-state index in [-0.39, 0.29) is 11.9 Å². The first kappa shape index (κ1) is 17.1. The lowest BCUT2D eigenvalue weighted by Gasteiger charge is -2.20. The van der Waals surface area contributed by atoms with Crippen molar-refractivity contribution in [3.8, 4) is 17.2 Å². The van der Waals surface area contributed by atoms with Gasteiger partial charge in [0, 0.05) is 31.6 Å². The zero-order valence-electron chi connectivity index (χ0n) is 14.9. The summed E-state index contributed by atoms with van der Waals surface area (Å²) in [5, 5.41) is 3.10. The largest absolute Gasteiger partial charge is 0.496 e. The van der Waals surface area contributed by atoms with Gasteiger partial charge in [0.2, 0.25) is 0 Å². The summed E-state index contributed by atoms with van der Waals surface area (Å²) in [6.45, 7) is 0. The minimum absolute atomic E-state index is 0.120. The molecule has 3 rings (SSSR count). The van der Waals surface area contributed by atoms with E-state index in [1.165, 1.54) is 14.2 Å². The van der Waals surface area contributed by atoms with E-state index >= 15 is 0 Å². The highest BCUT2D eigenvalue weighted by Gasteiger charge is 2.36. The van der Waals surface area contributed by atoms with Crippen LogP contribution in [0.25, 0.3) is 0 Å². The monoisotopic (exact) mass is 345 g/mol. The van der Waals surface area contributed by atoms with Gasteiger partial charge in [0.05, 0.1) is 32.9 Å². The average molecular weight is 345 g/mol. The average Bonchev–Trinajstić information content (AvgIpc) is 3.39. The lowest BCUT2D eigenvalue weighted by molar-refractivity contribution is 0.0925. The Bertz CT molecular complexity index is 768. The highest BCUT2D eigenvalue weighted by molar-refractivity contribution is 5.98. The van der Waals surface area contributed by atoms with Gasteiger partial charge in [-0.3, -0.25) is 4.79 Å². The van der Waals surface area contributed by atoms with E-state index in [1.807, 2.05) is 17.8 Å². The van der Waals surface area contributed by atoms with Gasteiger partial charge in [0.15, 0.2) is 11.5 Å². The number of benzene rings is 1. The lowest BCUT2D eigenvalue weighted by atomic mass is 10.1. The molecular formula is C18H23N3O4. The molecule has 7 nitrogen and oxygen atoms in total.